The summed E-state index contributed by atoms with van der Waals surface area (Å²) in [6.07, 6.45) is 4.58. The molecule has 0 spiro atoms. The van der Waals surface area contributed by atoms with Gasteiger partial charge in [-0.1, -0.05) is 45.0 Å². The number of benzene rings is 1. The third-order valence-corrected chi connectivity index (χ3v) is 3.04. The Balaban J connectivity index is 2.32. The van der Waals surface area contributed by atoms with Crippen molar-refractivity contribution < 1.29 is 0 Å². The second-order valence-electron chi connectivity index (χ2n) is 4.94. The topological polar surface area (TPSA) is 37.8 Å². The van der Waals surface area contributed by atoms with Crippen LogP contribution in [0.1, 0.15) is 32.0 Å². The number of nitrogens with zero attached hydrogens (tertiary/aromatic N) is 2. The first-order chi connectivity index (χ1) is 9.20. The van der Waals surface area contributed by atoms with E-state index in [1.807, 2.05) is 12.4 Å². The molecule has 0 saturated carbocycles. The average Bonchev–Trinajstić information content (AvgIpc) is 2.45. The first-order valence-corrected chi connectivity index (χ1v) is 6.83. The Hall–Kier alpha value is -1.74. The van der Waals surface area contributed by atoms with Gasteiger partial charge >= 0.3 is 0 Å². The highest BCUT2D eigenvalue weighted by Crippen LogP contribution is 2.21. The van der Waals surface area contributed by atoms with Gasteiger partial charge in [0.05, 0.1) is 17.6 Å². The standard InChI is InChI=1S/C16H21N3/c1-4-14-10-17-11-16(19-14)15-8-6-5-7-13(15)9-18-12(2)3/h5-8,10-12,18H,4,9H2,1-3H3. The predicted molar refractivity (Wildman–Crippen MR) is 78.8 cm³/mol. The monoisotopic (exact) mass is 255 g/mol. The summed E-state index contributed by atoms with van der Waals surface area (Å²) >= 11 is 0. The highest BCUT2D eigenvalue weighted by atomic mass is 14.9. The molecule has 0 amide bonds. The molecule has 0 unspecified atom stereocenters. The van der Waals surface area contributed by atoms with Crippen LogP contribution in [0, 0.1) is 0 Å². The van der Waals surface area contributed by atoms with Crippen molar-refractivity contribution in [1.82, 2.24) is 15.3 Å². The molecule has 0 aliphatic heterocycles. The molecular weight excluding hydrogens is 234 g/mol. The largest absolute Gasteiger partial charge is 0.310 e. The Labute approximate surface area is 115 Å². The minimum absolute atomic E-state index is 0.473. The first kappa shape index (κ1) is 13.7. The lowest BCUT2D eigenvalue weighted by molar-refractivity contribution is 0.589. The summed E-state index contributed by atoms with van der Waals surface area (Å²) in [5, 5.41) is 3.45. The van der Waals surface area contributed by atoms with Crippen molar-refractivity contribution in [2.24, 2.45) is 0 Å². The summed E-state index contributed by atoms with van der Waals surface area (Å²) in [5.41, 5.74) is 4.42. The number of aromatic nitrogens is 2. The average molecular weight is 255 g/mol. The summed E-state index contributed by atoms with van der Waals surface area (Å²) in [5.74, 6) is 0. The minimum atomic E-state index is 0.473. The van der Waals surface area contributed by atoms with Crippen molar-refractivity contribution in [3.63, 3.8) is 0 Å². The molecule has 2 aromatic rings. The third kappa shape index (κ3) is 3.61. The van der Waals surface area contributed by atoms with Crippen molar-refractivity contribution in [2.45, 2.75) is 39.8 Å². The van der Waals surface area contributed by atoms with E-state index in [0.29, 0.717) is 6.04 Å². The summed E-state index contributed by atoms with van der Waals surface area (Å²) in [4.78, 5) is 8.94. The summed E-state index contributed by atoms with van der Waals surface area (Å²) < 4.78 is 0. The van der Waals surface area contributed by atoms with Crippen LogP contribution in [0.25, 0.3) is 11.3 Å². The fraction of sp³-hybridized carbons (Fsp3) is 0.375. The van der Waals surface area contributed by atoms with Crippen LogP contribution in [0.2, 0.25) is 0 Å². The first-order valence-electron chi connectivity index (χ1n) is 6.83. The van der Waals surface area contributed by atoms with Gasteiger partial charge in [0.2, 0.25) is 0 Å². The maximum Gasteiger partial charge on any atom is 0.0891 e. The van der Waals surface area contributed by atoms with Gasteiger partial charge in [-0.3, -0.25) is 4.98 Å². The SMILES string of the molecule is CCc1cncc(-c2ccccc2CNC(C)C)n1. The number of aryl methyl sites for hydroxylation is 1. The van der Waals surface area contributed by atoms with E-state index in [9.17, 15) is 0 Å². The van der Waals surface area contributed by atoms with E-state index in [1.165, 1.54) is 11.1 Å². The van der Waals surface area contributed by atoms with Crippen molar-refractivity contribution in [1.29, 1.82) is 0 Å². The Morgan fingerprint density at radius 2 is 1.95 bits per heavy atom. The second-order valence-corrected chi connectivity index (χ2v) is 4.94. The molecule has 0 aliphatic carbocycles. The third-order valence-electron chi connectivity index (χ3n) is 3.04. The van der Waals surface area contributed by atoms with Crippen LogP contribution in [0.4, 0.5) is 0 Å². The molecule has 0 bridgehead atoms. The molecule has 0 aliphatic rings. The van der Waals surface area contributed by atoms with Crippen LogP contribution in [-0.4, -0.2) is 16.0 Å². The van der Waals surface area contributed by atoms with E-state index in [4.69, 9.17) is 0 Å². The van der Waals surface area contributed by atoms with Gasteiger partial charge in [0.1, 0.15) is 0 Å². The fourth-order valence-electron chi connectivity index (χ4n) is 1.94. The number of rotatable bonds is 5. The van der Waals surface area contributed by atoms with E-state index in [2.05, 4.69) is 60.3 Å². The Morgan fingerprint density at radius 1 is 1.16 bits per heavy atom. The van der Waals surface area contributed by atoms with Crippen LogP contribution in [-0.2, 0) is 13.0 Å². The Bertz CT molecular complexity index is 535. The Kier molecular flexibility index (Phi) is 4.63. The molecule has 0 saturated heterocycles. The van der Waals surface area contributed by atoms with Crippen molar-refractivity contribution in [3.8, 4) is 11.3 Å². The van der Waals surface area contributed by atoms with Crippen LogP contribution >= 0.6 is 0 Å². The van der Waals surface area contributed by atoms with Gasteiger partial charge in [0.25, 0.3) is 0 Å². The molecule has 0 radical (unpaired) electrons. The van der Waals surface area contributed by atoms with Crippen molar-refractivity contribution >= 4 is 0 Å². The molecule has 3 nitrogen and oxygen atoms in total. The summed E-state index contributed by atoms with van der Waals surface area (Å²) in [6.45, 7) is 7.26. The molecule has 3 heteroatoms. The van der Waals surface area contributed by atoms with E-state index in [0.717, 1.165) is 24.4 Å². The van der Waals surface area contributed by atoms with Crippen molar-refractivity contribution in [2.75, 3.05) is 0 Å². The lowest BCUT2D eigenvalue weighted by Gasteiger charge is -2.12. The molecule has 1 N–H and O–H groups in total. The minimum Gasteiger partial charge on any atom is -0.310 e. The van der Waals surface area contributed by atoms with E-state index >= 15 is 0 Å². The molecule has 0 fully saturated rings. The van der Waals surface area contributed by atoms with Crippen LogP contribution in [0.5, 0.6) is 0 Å². The second kappa shape index (κ2) is 6.43. The van der Waals surface area contributed by atoms with E-state index < -0.39 is 0 Å². The van der Waals surface area contributed by atoms with Crippen molar-refractivity contribution in [3.05, 3.63) is 47.9 Å². The maximum absolute atomic E-state index is 4.66. The molecule has 19 heavy (non-hydrogen) atoms. The zero-order valence-electron chi connectivity index (χ0n) is 11.9. The van der Waals surface area contributed by atoms with E-state index in [1.54, 1.807) is 0 Å². The van der Waals surface area contributed by atoms with Gasteiger partial charge in [-0.15, -0.1) is 0 Å². The molecular formula is C16H21N3. The van der Waals surface area contributed by atoms with Gasteiger partial charge in [0, 0.05) is 24.3 Å². The lowest BCUT2D eigenvalue weighted by Crippen LogP contribution is -2.22. The highest BCUT2D eigenvalue weighted by Gasteiger charge is 2.07. The predicted octanol–water partition coefficient (Wildman–Crippen LogP) is 3.20. The van der Waals surface area contributed by atoms with Gasteiger partial charge in [-0.2, -0.15) is 0 Å². The smallest absolute Gasteiger partial charge is 0.0891 e. The maximum atomic E-state index is 4.66. The zero-order valence-corrected chi connectivity index (χ0v) is 11.9. The highest BCUT2D eigenvalue weighted by molar-refractivity contribution is 5.62. The molecule has 2 rings (SSSR count). The molecule has 1 aromatic carbocycles. The van der Waals surface area contributed by atoms with Gasteiger partial charge in [-0.25, -0.2) is 4.98 Å². The molecule has 100 valence electrons. The number of nitrogens with one attached hydrogen (secondary N) is 1. The lowest BCUT2D eigenvalue weighted by atomic mass is 10.0. The van der Waals surface area contributed by atoms with Crippen LogP contribution in [0.15, 0.2) is 36.7 Å². The normalized spacial score (nSPS) is 10.9. The fourth-order valence-corrected chi connectivity index (χ4v) is 1.94. The van der Waals surface area contributed by atoms with E-state index in [-0.39, 0.29) is 0 Å². The molecule has 0 atom stereocenters. The number of hydrogen-bond donors (Lipinski definition) is 1. The quantitative estimate of drug-likeness (QED) is 0.891. The van der Waals surface area contributed by atoms with Gasteiger partial charge < -0.3 is 5.32 Å². The number of hydrogen-bond acceptors (Lipinski definition) is 3. The summed E-state index contributed by atoms with van der Waals surface area (Å²) in [6, 6.07) is 8.85. The molecule has 1 heterocycles. The van der Waals surface area contributed by atoms with Gasteiger partial charge in [-0.05, 0) is 12.0 Å². The zero-order chi connectivity index (χ0) is 13.7. The van der Waals surface area contributed by atoms with Crippen LogP contribution < -0.4 is 5.32 Å². The van der Waals surface area contributed by atoms with Gasteiger partial charge in [0.15, 0.2) is 0 Å². The Morgan fingerprint density at radius 3 is 2.68 bits per heavy atom. The van der Waals surface area contributed by atoms with Crippen LogP contribution in [0.3, 0.4) is 0 Å². The summed E-state index contributed by atoms with van der Waals surface area (Å²) in [7, 11) is 0. The molecule has 1 aromatic heterocycles.